The minimum Gasteiger partial charge on any atom is -0.450 e. The fourth-order valence-corrected chi connectivity index (χ4v) is 5.29. The van der Waals surface area contributed by atoms with Gasteiger partial charge in [0.2, 0.25) is 0 Å². The highest BCUT2D eigenvalue weighted by Crippen LogP contribution is 2.37. The van der Waals surface area contributed by atoms with Gasteiger partial charge in [-0.1, -0.05) is 24.1 Å². The smallest absolute Gasteiger partial charge is 0.450 e. The molecule has 0 atom stereocenters. The first kappa shape index (κ1) is 24.8. The number of anilines is 1. The molecule has 0 radical (unpaired) electrons. The van der Waals surface area contributed by atoms with Crippen LogP contribution in [0.4, 0.5) is 14.9 Å². The highest BCUT2D eigenvalue weighted by molar-refractivity contribution is 7.96. The summed E-state index contributed by atoms with van der Waals surface area (Å²) in [5, 5.41) is 9.71. The molecule has 1 aliphatic heterocycles. The number of nitrogen functional groups attached to an aromatic ring is 1. The van der Waals surface area contributed by atoms with E-state index in [0.717, 1.165) is 27.8 Å². The number of hydrogen-bond acceptors (Lipinski definition) is 7. The van der Waals surface area contributed by atoms with Crippen LogP contribution in [0.1, 0.15) is 33.4 Å². The van der Waals surface area contributed by atoms with Gasteiger partial charge in [0.1, 0.15) is 12.4 Å². The van der Waals surface area contributed by atoms with Crippen molar-refractivity contribution in [1.82, 2.24) is 14.3 Å². The topological polar surface area (TPSA) is 119 Å². The number of aryl methyl sites for hydroxylation is 2. The third-order valence-electron chi connectivity index (χ3n) is 6.58. The van der Waals surface area contributed by atoms with Crippen LogP contribution in [-0.4, -0.2) is 20.8 Å². The zero-order chi connectivity index (χ0) is 26.3. The van der Waals surface area contributed by atoms with Crippen molar-refractivity contribution in [3.05, 3.63) is 92.0 Å². The Labute approximate surface area is 216 Å². The van der Waals surface area contributed by atoms with E-state index in [-0.39, 0.29) is 30.1 Å². The van der Waals surface area contributed by atoms with Gasteiger partial charge < -0.3 is 20.1 Å². The fraction of sp³-hybridized carbons (Fsp3) is 0.222. The average Bonchev–Trinajstić information content (AvgIpc) is 3.21. The van der Waals surface area contributed by atoms with E-state index in [2.05, 4.69) is 9.46 Å². The minimum absolute atomic E-state index is 0.281. The van der Waals surface area contributed by atoms with Crippen molar-refractivity contribution in [3.63, 3.8) is 0 Å². The Morgan fingerprint density at radius 3 is 2.68 bits per heavy atom. The summed E-state index contributed by atoms with van der Waals surface area (Å²) in [4.78, 5) is 28.9. The summed E-state index contributed by atoms with van der Waals surface area (Å²) in [6, 6.07) is 12.7. The summed E-state index contributed by atoms with van der Waals surface area (Å²) in [6.45, 7) is 3.88. The number of halogens is 1. The number of nitrogens with two attached hydrogens (primary N) is 1. The molecule has 3 heterocycles. The highest BCUT2D eigenvalue weighted by atomic mass is 32.2. The molecule has 0 aliphatic carbocycles. The molecule has 8 nitrogen and oxygen atoms in total. The van der Waals surface area contributed by atoms with Crippen LogP contribution in [0.5, 0.6) is 0 Å². The molecule has 0 fully saturated rings. The van der Waals surface area contributed by atoms with Gasteiger partial charge >= 0.3 is 6.16 Å². The van der Waals surface area contributed by atoms with Gasteiger partial charge in [-0.15, -0.1) is 0 Å². The maximum absolute atomic E-state index is 14.5. The van der Waals surface area contributed by atoms with Crippen molar-refractivity contribution in [2.75, 3.05) is 5.73 Å². The number of hydrogen-bond donors (Lipinski definition) is 3. The van der Waals surface area contributed by atoms with E-state index in [9.17, 15) is 14.0 Å². The zero-order valence-electron chi connectivity index (χ0n) is 20.3. The molecule has 0 unspecified atom stereocenters. The molecule has 2 aromatic carbocycles. The molecule has 0 bridgehead atoms. The van der Waals surface area contributed by atoms with E-state index >= 15 is 0 Å². The van der Waals surface area contributed by atoms with Gasteiger partial charge in [-0.2, -0.15) is 0 Å². The molecule has 1 aliphatic rings. The number of rotatable bonds is 7. The van der Waals surface area contributed by atoms with Crippen molar-refractivity contribution in [1.29, 1.82) is 0 Å². The van der Waals surface area contributed by atoms with Crippen LogP contribution in [0.2, 0.25) is 0 Å². The van der Waals surface area contributed by atoms with Gasteiger partial charge in [0.25, 0.3) is 5.56 Å². The van der Waals surface area contributed by atoms with E-state index < -0.39 is 6.16 Å². The standard InChI is InChI=1S/C27H25FN4O4S/c1-14-8-24-25-20(11-32(24)26(33)21(14)12-36-27(34)35)19(18-7-15(2)22(28)9-23(18)31-25)10-30-37-13-16-3-5-17(29)6-4-16/h3-9,30H,10-13,29H2,1-2H3,(H,34,35). The van der Waals surface area contributed by atoms with Crippen LogP contribution in [0, 0.1) is 19.7 Å². The lowest BCUT2D eigenvalue weighted by molar-refractivity contribution is 0.0848. The molecule has 0 amide bonds. The maximum atomic E-state index is 14.5. The first-order valence-corrected chi connectivity index (χ1v) is 12.6. The summed E-state index contributed by atoms with van der Waals surface area (Å²) in [7, 11) is 0. The minimum atomic E-state index is -1.44. The fourth-order valence-electron chi connectivity index (χ4n) is 4.59. The largest absolute Gasteiger partial charge is 0.506 e. The van der Waals surface area contributed by atoms with Gasteiger partial charge in [-0.25, -0.2) is 14.2 Å². The molecular weight excluding hydrogens is 495 g/mol. The first-order chi connectivity index (χ1) is 17.7. The van der Waals surface area contributed by atoms with Crippen molar-refractivity contribution >= 4 is 34.7 Å². The number of pyridine rings is 2. The van der Waals surface area contributed by atoms with E-state index in [1.165, 1.54) is 6.07 Å². The number of carboxylic acid groups (broad SMARTS) is 1. The molecule has 5 rings (SSSR count). The third-order valence-corrected chi connectivity index (χ3v) is 7.40. The summed E-state index contributed by atoms with van der Waals surface area (Å²) in [5.41, 5.74) is 12.3. The summed E-state index contributed by atoms with van der Waals surface area (Å²) in [6.07, 6.45) is -1.44. The Bertz CT molecular complexity index is 1600. The number of nitrogens with one attached hydrogen (secondary N) is 1. The van der Waals surface area contributed by atoms with Crippen molar-refractivity contribution < 1.29 is 19.0 Å². The van der Waals surface area contributed by atoms with Crippen LogP contribution in [0.3, 0.4) is 0 Å². The Morgan fingerprint density at radius 1 is 1.19 bits per heavy atom. The van der Waals surface area contributed by atoms with Gasteiger partial charge in [-0.3, -0.25) is 9.52 Å². The molecule has 4 N–H and O–H groups in total. The Hall–Kier alpha value is -3.89. The van der Waals surface area contributed by atoms with Gasteiger partial charge in [0.05, 0.1) is 29.0 Å². The molecule has 4 aromatic rings. The lowest BCUT2D eigenvalue weighted by Gasteiger charge is -2.14. The number of fused-ring (bicyclic) bond motifs is 4. The zero-order valence-corrected chi connectivity index (χ0v) is 21.1. The van der Waals surface area contributed by atoms with Gasteiger partial charge in [-0.05, 0) is 60.4 Å². The number of nitrogens with zero attached hydrogens (tertiary/aromatic N) is 2. The molecule has 190 valence electrons. The molecule has 10 heteroatoms. The van der Waals surface area contributed by atoms with Crippen molar-refractivity contribution in [2.24, 2.45) is 0 Å². The lowest BCUT2D eigenvalue weighted by Crippen LogP contribution is -2.25. The van der Waals surface area contributed by atoms with E-state index in [1.54, 1.807) is 36.4 Å². The van der Waals surface area contributed by atoms with E-state index in [1.807, 2.05) is 30.3 Å². The lowest BCUT2D eigenvalue weighted by atomic mass is 9.99. The third kappa shape index (κ3) is 4.77. The van der Waals surface area contributed by atoms with Gasteiger partial charge in [0, 0.05) is 35.0 Å². The molecule has 2 aromatic heterocycles. The van der Waals surface area contributed by atoms with Crippen LogP contribution >= 0.6 is 11.9 Å². The van der Waals surface area contributed by atoms with Gasteiger partial charge in [0.15, 0.2) is 0 Å². The number of carbonyl (C=O) groups is 1. The number of ether oxygens (including phenoxy) is 1. The van der Waals surface area contributed by atoms with Crippen LogP contribution in [0.15, 0.2) is 47.3 Å². The normalized spacial score (nSPS) is 12.0. The molecule has 0 spiro atoms. The Morgan fingerprint density at radius 2 is 1.95 bits per heavy atom. The molecular formula is C27H25FN4O4S. The summed E-state index contributed by atoms with van der Waals surface area (Å²) in [5.74, 6) is 0.384. The Kier molecular flexibility index (Phi) is 6.61. The molecule has 0 saturated carbocycles. The Balaban J connectivity index is 1.52. The second-order valence-electron chi connectivity index (χ2n) is 9.02. The van der Waals surface area contributed by atoms with E-state index in [0.29, 0.717) is 40.3 Å². The molecule has 37 heavy (non-hydrogen) atoms. The van der Waals surface area contributed by atoms with Crippen LogP contribution < -0.4 is 16.0 Å². The summed E-state index contributed by atoms with van der Waals surface area (Å²) < 4.78 is 24.2. The predicted molar refractivity (Wildman–Crippen MR) is 142 cm³/mol. The van der Waals surface area contributed by atoms with Crippen LogP contribution in [0.25, 0.3) is 22.3 Å². The van der Waals surface area contributed by atoms with Crippen molar-refractivity contribution in [3.8, 4) is 11.4 Å². The van der Waals surface area contributed by atoms with E-state index in [4.69, 9.17) is 15.8 Å². The SMILES string of the molecule is Cc1cc2c(CNSCc3ccc(N)cc3)c3c(nc2cc1F)-c1cc(C)c(COC(=O)O)c(=O)n1C3. The number of aromatic nitrogens is 2. The second-order valence-corrected chi connectivity index (χ2v) is 9.89. The average molecular weight is 521 g/mol. The first-order valence-electron chi connectivity index (χ1n) is 11.6. The predicted octanol–water partition coefficient (Wildman–Crippen LogP) is 4.90. The van der Waals surface area contributed by atoms with Crippen molar-refractivity contribution in [2.45, 2.75) is 39.3 Å². The number of benzene rings is 2. The van der Waals surface area contributed by atoms with Crippen LogP contribution in [-0.2, 0) is 30.2 Å². The second kappa shape index (κ2) is 9.87. The highest BCUT2D eigenvalue weighted by Gasteiger charge is 2.28. The monoisotopic (exact) mass is 520 g/mol. The molecule has 0 saturated heterocycles. The maximum Gasteiger partial charge on any atom is 0.506 e. The summed E-state index contributed by atoms with van der Waals surface area (Å²) >= 11 is 1.54. The quantitative estimate of drug-likeness (QED) is 0.120.